The maximum atomic E-state index is 8.18. The van der Waals surface area contributed by atoms with Gasteiger partial charge in [0.1, 0.15) is 11.3 Å². The monoisotopic (exact) mass is 442 g/mol. The number of rotatable bonds is 2. The number of allylic oxidation sites excluding steroid dienone is 1. The fourth-order valence-electron chi connectivity index (χ4n) is 5.22. The summed E-state index contributed by atoms with van der Waals surface area (Å²) in [6, 6.07) is 29.1. The average molecular weight is 443 g/mol. The van der Waals surface area contributed by atoms with E-state index in [2.05, 4.69) is 92.8 Å². The van der Waals surface area contributed by atoms with E-state index < -0.39 is 0 Å². The lowest BCUT2D eigenvalue weighted by Crippen LogP contribution is -2.31. The minimum Gasteiger partial charge on any atom is -0.455 e. The number of fused-ring (bicyclic) bond motifs is 4. The van der Waals surface area contributed by atoms with Gasteiger partial charge < -0.3 is 15.1 Å². The van der Waals surface area contributed by atoms with Gasteiger partial charge in [-0.1, -0.05) is 60.7 Å². The van der Waals surface area contributed by atoms with Crippen molar-refractivity contribution in [3.8, 4) is 33.6 Å². The van der Waals surface area contributed by atoms with E-state index in [1.165, 1.54) is 16.7 Å². The van der Waals surface area contributed by atoms with E-state index in [1.54, 1.807) is 0 Å². The molecule has 166 valence electrons. The molecular formula is C31H26N2O. The highest BCUT2D eigenvalue weighted by Crippen LogP contribution is 2.45. The first-order chi connectivity index (χ1) is 16.4. The van der Waals surface area contributed by atoms with Crippen LogP contribution in [0.15, 0.2) is 95.4 Å². The molecule has 0 saturated heterocycles. The van der Waals surface area contributed by atoms with Gasteiger partial charge in [0.15, 0.2) is 0 Å². The van der Waals surface area contributed by atoms with Gasteiger partial charge in [0.2, 0.25) is 0 Å². The molecule has 0 spiro atoms. The molecule has 0 amide bonds. The Bertz CT molecular complexity index is 1610. The van der Waals surface area contributed by atoms with Gasteiger partial charge in [-0.2, -0.15) is 0 Å². The Kier molecular flexibility index (Phi) is 4.50. The van der Waals surface area contributed by atoms with Gasteiger partial charge >= 0.3 is 0 Å². The van der Waals surface area contributed by atoms with Crippen LogP contribution >= 0.6 is 0 Å². The lowest BCUT2D eigenvalue weighted by molar-refractivity contribution is 0.616. The second kappa shape index (κ2) is 7.46. The summed E-state index contributed by atoms with van der Waals surface area (Å²) < 4.78 is 6.52. The second-order valence-electron chi connectivity index (χ2n) is 9.67. The quantitative estimate of drug-likeness (QED) is 0.272. The lowest BCUT2D eigenvalue weighted by atomic mass is 9.87. The molecule has 3 aliphatic rings. The van der Waals surface area contributed by atoms with Crippen molar-refractivity contribution in [2.45, 2.75) is 26.3 Å². The summed E-state index contributed by atoms with van der Waals surface area (Å²) in [6.07, 6.45) is 2.25. The summed E-state index contributed by atoms with van der Waals surface area (Å²) in [7, 11) is 0. The topological polar surface area (TPSA) is 49.0 Å². The lowest BCUT2D eigenvalue weighted by Gasteiger charge is -2.32. The first-order valence-corrected chi connectivity index (χ1v) is 11.6. The molecule has 2 N–H and O–H groups in total. The molecule has 0 unspecified atom stereocenters. The molecule has 1 aliphatic carbocycles. The molecule has 0 saturated carbocycles. The third-order valence-corrected chi connectivity index (χ3v) is 6.60. The van der Waals surface area contributed by atoms with Crippen molar-refractivity contribution in [2.75, 3.05) is 5.32 Å². The molecule has 6 rings (SSSR count). The number of benzene rings is 4. The highest BCUT2D eigenvalue weighted by molar-refractivity contribution is 6.07. The van der Waals surface area contributed by atoms with E-state index in [-0.39, 0.29) is 5.54 Å². The predicted molar refractivity (Wildman–Crippen MR) is 141 cm³/mol. The molecule has 0 atom stereocenters. The van der Waals surface area contributed by atoms with Crippen LogP contribution in [0.1, 0.15) is 26.3 Å². The summed E-state index contributed by atoms with van der Waals surface area (Å²) in [4.78, 5) is 0. The summed E-state index contributed by atoms with van der Waals surface area (Å²) in [5.41, 5.74) is 9.78. The van der Waals surface area contributed by atoms with Gasteiger partial charge in [-0.15, -0.1) is 0 Å². The SMILES string of the molecule is CC1=CC(C)(C)Nc2ccc3c(-c4ccc(-c5ccccc5)cc4)c4ccc(=N)cc-4oc3c21. The van der Waals surface area contributed by atoms with Crippen LogP contribution in [0.4, 0.5) is 5.69 Å². The second-order valence-corrected chi connectivity index (χ2v) is 9.67. The van der Waals surface area contributed by atoms with Crippen LogP contribution in [0.25, 0.3) is 50.1 Å². The van der Waals surface area contributed by atoms with Crippen molar-refractivity contribution >= 4 is 22.2 Å². The van der Waals surface area contributed by atoms with Gasteiger partial charge in [-0.25, -0.2) is 0 Å². The molecule has 0 radical (unpaired) electrons. The van der Waals surface area contributed by atoms with E-state index in [0.29, 0.717) is 5.36 Å². The van der Waals surface area contributed by atoms with Crippen LogP contribution in [-0.2, 0) is 0 Å². The smallest absolute Gasteiger partial charge is 0.144 e. The molecule has 0 fully saturated rings. The Labute approximate surface area is 199 Å². The van der Waals surface area contributed by atoms with Crippen molar-refractivity contribution in [1.29, 1.82) is 5.41 Å². The van der Waals surface area contributed by atoms with Gasteiger partial charge in [0, 0.05) is 33.8 Å². The van der Waals surface area contributed by atoms with E-state index in [9.17, 15) is 0 Å². The molecule has 3 aromatic carbocycles. The van der Waals surface area contributed by atoms with Gasteiger partial charge in [0.05, 0.1) is 10.9 Å². The van der Waals surface area contributed by atoms with Crippen molar-refractivity contribution < 1.29 is 4.42 Å². The van der Waals surface area contributed by atoms with E-state index in [1.807, 2.05) is 24.3 Å². The molecule has 3 aromatic rings. The summed E-state index contributed by atoms with van der Waals surface area (Å²) >= 11 is 0. The fourth-order valence-corrected chi connectivity index (χ4v) is 5.22. The zero-order valence-corrected chi connectivity index (χ0v) is 19.6. The summed E-state index contributed by atoms with van der Waals surface area (Å²) in [5.74, 6) is 0.730. The zero-order valence-electron chi connectivity index (χ0n) is 19.6. The summed E-state index contributed by atoms with van der Waals surface area (Å²) in [5, 5.41) is 13.3. The Hall–Kier alpha value is -4.11. The zero-order chi connectivity index (χ0) is 23.4. The van der Waals surface area contributed by atoms with Gasteiger partial charge in [0.25, 0.3) is 0 Å². The molecular weight excluding hydrogens is 416 g/mol. The Morgan fingerprint density at radius 3 is 2.24 bits per heavy atom. The summed E-state index contributed by atoms with van der Waals surface area (Å²) in [6.45, 7) is 6.50. The van der Waals surface area contributed by atoms with Crippen LogP contribution in [0, 0.1) is 5.41 Å². The Morgan fingerprint density at radius 2 is 1.47 bits per heavy atom. The maximum Gasteiger partial charge on any atom is 0.144 e. The average Bonchev–Trinajstić information content (AvgIpc) is 2.82. The van der Waals surface area contributed by atoms with Crippen molar-refractivity contribution in [2.24, 2.45) is 0 Å². The first-order valence-electron chi connectivity index (χ1n) is 11.6. The predicted octanol–water partition coefficient (Wildman–Crippen LogP) is 7.96. The highest BCUT2D eigenvalue weighted by atomic mass is 16.3. The minimum absolute atomic E-state index is 0.119. The highest BCUT2D eigenvalue weighted by Gasteiger charge is 2.27. The molecule has 2 heterocycles. The number of hydrogen-bond acceptors (Lipinski definition) is 3. The van der Waals surface area contributed by atoms with E-state index in [4.69, 9.17) is 9.83 Å². The van der Waals surface area contributed by atoms with Crippen LogP contribution < -0.4 is 10.7 Å². The molecule has 3 heteroatoms. The standard InChI is InChI=1S/C31H26N2O/c1-19-18-31(2,3)33-26-16-15-25-29(22-11-9-21(10-12-22)20-7-5-4-6-8-20)24-14-13-23(32)17-27(24)34-30(25)28(19)26/h4-18,32-33H,1-3H3. The fraction of sp³-hybridized carbons (Fsp3) is 0.129. The molecule has 0 aromatic heterocycles. The van der Waals surface area contributed by atoms with Gasteiger partial charge in [-0.05, 0) is 67.3 Å². The number of anilines is 1. The largest absolute Gasteiger partial charge is 0.455 e. The molecule has 2 aliphatic heterocycles. The van der Waals surface area contributed by atoms with E-state index in [0.717, 1.165) is 44.7 Å². The van der Waals surface area contributed by atoms with Crippen LogP contribution in [0.3, 0.4) is 0 Å². The normalized spacial score (nSPS) is 14.5. The van der Waals surface area contributed by atoms with Crippen molar-refractivity contribution in [1.82, 2.24) is 0 Å². The minimum atomic E-state index is -0.119. The Balaban J connectivity index is 1.64. The van der Waals surface area contributed by atoms with Crippen molar-refractivity contribution in [3.05, 3.63) is 102 Å². The number of hydrogen-bond donors (Lipinski definition) is 2. The molecule has 0 bridgehead atoms. The van der Waals surface area contributed by atoms with Crippen LogP contribution in [0.5, 0.6) is 0 Å². The Morgan fingerprint density at radius 1 is 0.765 bits per heavy atom. The van der Waals surface area contributed by atoms with Gasteiger partial charge in [-0.3, -0.25) is 0 Å². The van der Waals surface area contributed by atoms with Crippen molar-refractivity contribution in [3.63, 3.8) is 0 Å². The van der Waals surface area contributed by atoms with E-state index >= 15 is 0 Å². The number of nitrogens with one attached hydrogen (secondary N) is 2. The third kappa shape index (κ3) is 3.32. The third-order valence-electron chi connectivity index (χ3n) is 6.60. The molecule has 3 nitrogen and oxygen atoms in total. The first kappa shape index (κ1) is 20.5. The molecule has 34 heavy (non-hydrogen) atoms. The maximum absolute atomic E-state index is 8.18. The van der Waals surface area contributed by atoms with Crippen LogP contribution in [-0.4, -0.2) is 5.54 Å². The van der Waals surface area contributed by atoms with Crippen LogP contribution in [0.2, 0.25) is 0 Å².